The monoisotopic (exact) mass is 243 g/mol. The summed E-state index contributed by atoms with van der Waals surface area (Å²) in [6.45, 7) is 2.95. The zero-order chi connectivity index (χ0) is 12.3. The number of nitrogens with one attached hydrogen (secondary N) is 1. The van der Waals surface area contributed by atoms with Crippen LogP contribution in [0.2, 0.25) is 0 Å². The van der Waals surface area contributed by atoms with E-state index in [0.717, 1.165) is 39.0 Å². The molecule has 1 saturated heterocycles. The van der Waals surface area contributed by atoms with Crippen LogP contribution in [0.25, 0.3) is 0 Å². The van der Waals surface area contributed by atoms with Crippen molar-refractivity contribution in [2.24, 2.45) is 10.9 Å². The van der Waals surface area contributed by atoms with Crippen LogP contribution in [-0.4, -0.2) is 36.8 Å². The Balaban J connectivity index is 1.84. The Hall–Kier alpha value is -0.810. The Morgan fingerprint density at radius 3 is 2.94 bits per heavy atom. The number of rotatable bonds is 8. The van der Waals surface area contributed by atoms with Crippen molar-refractivity contribution >= 4 is 5.84 Å². The molecule has 0 aromatic rings. The third-order valence-corrected chi connectivity index (χ3v) is 3.08. The van der Waals surface area contributed by atoms with Gasteiger partial charge in [-0.2, -0.15) is 0 Å². The fourth-order valence-electron chi connectivity index (χ4n) is 2.03. The highest BCUT2D eigenvalue weighted by molar-refractivity contribution is 5.79. The first-order valence-electron chi connectivity index (χ1n) is 6.61. The van der Waals surface area contributed by atoms with Crippen molar-refractivity contribution in [2.75, 3.05) is 19.7 Å². The van der Waals surface area contributed by atoms with Crippen LogP contribution in [0.3, 0.4) is 0 Å². The van der Waals surface area contributed by atoms with E-state index in [-0.39, 0.29) is 0 Å². The minimum Gasteiger partial charge on any atom is -0.409 e. The second-order valence-electron chi connectivity index (χ2n) is 4.58. The standard InChI is InChI=1S/C12H25N3O2/c13-12(15-16)6-1-3-8-14-9-7-11-5-2-4-10-17-11/h11,14,16H,1-10H2,(H2,13,15). The van der Waals surface area contributed by atoms with E-state index in [4.69, 9.17) is 15.7 Å². The molecule has 5 nitrogen and oxygen atoms in total. The number of nitrogens with two attached hydrogens (primary N) is 1. The van der Waals surface area contributed by atoms with Crippen molar-refractivity contribution in [1.82, 2.24) is 5.32 Å². The molecule has 0 bridgehead atoms. The molecule has 1 unspecified atom stereocenters. The lowest BCUT2D eigenvalue weighted by molar-refractivity contribution is 0.0116. The van der Waals surface area contributed by atoms with E-state index in [1.165, 1.54) is 19.3 Å². The Kier molecular flexibility index (Phi) is 7.75. The summed E-state index contributed by atoms with van der Waals surface area (Å²) in [4.78, 5) is 0. The van der Waals surface area contributed by atoms with E-state index >= 15 is 0 Å². The van der Waals surface area contributed by atoms with Crippen molar-refractivity contribution in [3.8, 4) is 0 Å². The van der Waals surface area contributed by atoms with Gasteiger partial charge >= 0.3 is 0 Å². The van der Waals surface area contributed by atoms with Crippen molar-refractivity contribution in [1.29, 1.82) is 0 Å². The van der Waals surface area contributed by atoms with Crippen LogP contribution in [0.4, 0.5) is 0 Å². The predicted octanol–water partition coefficient (Wildman–Crippen LogP) is 1.45. The number of oxime groups is 1. The van der Waals surface area contributed by atoms with Gasteiger partial charge in [-0.05, 0) is 51.6 Å². The number of ether oxygens (including phenoxy) is 1. The van der Waals surface area contributed by atoms with E-state index in [1.54, 1.807) is 0 Å². The number of hydrogen-bond donors (Lipinski definition) is 3. The molecule has 0 radical (unpaired) electrons. The van der Waals surface area contributed by atoms with Crippen molar-refractivity contribution in [3.05, 3.63) is 0 Å². The quantitative estimate of drug-likeness (QED) is 0.198. The maximum absolute atomic E-state index is 8.35. The third-order valence-electron chi connectivity index (χ3n) is 3.08. The molecule has 0 spiro atoms. The van der Waals surface area contributed by atoms with Gasteiger partial charge in [-0.15, -0.1) is 0 Å². The van der Waals surface area contributed by atoms with Crippen LogP contribution in [0, 0.1) is 0 Å². The summed E-state index contributed by atoms with van der Waals surface area (Å²) < 4.78 is 5.65. The molecule has 17 heavy (non-hydrogen) atoms. The molecule has 1 aliphatic heterocycles. The van der Waals surface area contributed by atoms with Gasteiger partial charge in [0.05, 0.1) is 6.10 Å². The fourth-order valence-corrected chi connectivity index (χ4v) is 2.03. The Morgan fingerprint density at radius 1 is 1.35 bits per heavy atom. The molecule has 0 aliphatic carbocycles. The average Bonchev–Trinajstić information content (AvgIpc) is 2.38. The largest absolute Gasteiger partial charge is 0.409 e. The highest BCUT2D eigenvalue weighted by Gasteiger charge is 2.12. The summed E-state index contributed by atoms with van der Waals surface area (Å²) >= 11 is 0. The lowest BCUT2D eigenvalue weighted by Gasteiger charge is -2.22. The molecular formula is C12H25N3O2. The van der Waals surface area contributed by atoms with Gasteiger partial charge in [-0.1, -0.05) is 5.16 Å². The summed E-state index contributed by atoms with van der Waals surface area (Å²) in [6, 6.07) is 0. The van der Waals surface area contributed by atoms with E-state index in [1.807, 2.05) is 0 Å². The molecule has 1 fully saturated rings. The first-order valence-corrected chi connectivity index (χ1v) is 6.61. The Labute approximate surface area is 103 Å². The summed E-state index contributed by atoms with van der Waals surface area (Å²) in [5.74, 6) is 0.320. The van der Waals surface area contributed by atoms with Crippen LogP contribution in [0.1, 0.15) is 44.9 Å². The smallest absolute Gasteiger partial charge is 0.139 e. The Morgan fingerprint density at radius 2 is 2.24 bits per heavy atom. The minimum absolute atomic E-state index is 0.320. The van der Waals surface area contributed by atoms with E-state index in [2.05, 4.69) is 10.5 Å². The Bertz CT molecular complexity index is 216. The molecule has 0 aromatic heterocycles. The average molecular weight is 243 g/mol. The molecule has 0 saturated carbocycles. The molecule has 100 valence electrons. The van der Waals surface area contributed by atoms with E-state index < -0.39 is 0 Å². The lowest BCUT2D eigenvalue weighted by atomic mass is 10.1. The molecule has 1 atom stereocenters. The van der Waals surface area contributed by atoms with Crippen LogP contribution in [0.5, 0.6) is 0 Å². The number of unbranched alkanes of at least 4 members (excludes halogenated alkanes) is 1. The van der Waals surface area contributed by atoms with Gasteiger partial charge in [-0.25, -0.2) is 0 Å². The molecule has 5 heteroatoms. The van der Waals surface area contributed by atoms with Gasteiger partial charge in [0.2, 0.25) is 0 Å². The first kappa shape index (κ1) is 14.3. The van der Waals surface area contributed by atoms with Crippen LogP contribution >= 0.6 is 0 Å². The zero-order valence-corrected chi connectivity index (χ0v) is 10.5. The molecular weight excluding hydrogens is 218 g/mol. The van der Waals surface area contributed by atoms with Gasteiger partial charge in [0, 0.05) is 13.0 Å². The molecule has 0 amide bonds. The predicted molar refractivity (Wildman–Crippen MR) is 68.3 cm³/mol. The van der Waals surface area contributed by atoms with Crippen LogP contribution in [-0.2, 0) is 4.74 Å². The molecule has 1 rings (SSSR count). The maximum atomic E-state index is 8.35. The second-order valence-corrected chi connectivity index (χ2v) is 4.58. The van der Waals surface area contributed by atoms with Gasteiger partial charge < -0.3 is 21.0 Å². The highest BCUT2D eigenvalue weighted by Crippen LogP contribution is 2.14. The van der Waals surface area contributed by atoms with E-state index in [0.29, 0.717) is 18.4 Å². The van der Waals surface area contributed by atoms with Crippen LogP contribution in [0.15, 0.2) is 5.16 Å². The van der Waals surface area contributed by atoms with Crippen molar-refractivity contribution in [2.45, 2.75) is 51.0 Å². The molecule has 1 aliphatic rings. The number of amidine groups is 1. The summed E-state index contributed by atoms with van der Waals surface area (Å²) in [7, 11) is 0. The van der Waals surface area contributed by atoms with Crippen LogP contribution < -0.4 is 11.1 Å². The van der Waals surface area contributed by atoms with Gasteiger partial charge in [0.25, 0.3) is 0 Å². The fraction of sp³-hybridized carbons (Fsp3) is 0.917. The van der Waals surface area contributed by atoms with Gasteiger partial charge in [0.1, 0.15) is 5.84 Å². The SMILES string of the molecule is NC(CCCCNCCC1CCCCO1)=NO. The second kappa shape index (κ2) is 9.24. The molecule has 4 N–H and O–H groups in total. The first-order chi connectivity index (χ1) is 8.33. The third kappa shape index (κ3) is 7.18. The maximum Gasteiger partial charge on any atom is 0.139 e. The lowest BCUT2D eigenvalue weighted by Crippen LogP contribution is -2.26. The summed E-state index contributed by atoms with van der Waals surface area (Å²) in [6.07, 6.45) is 8.01. The summed E-state index contributed by atoms with van der Waals surface area (Å²) in [5.41, 5.74) is 5.37. The number of nitrogens with zero attached hydrogens (tertiary/aromatic N) is 1. The van der Waals surface area contributed by atoms with Crippen molar-refractivity contribution in [3.63, 3.8) is 0 Å². The van der Waals surface area contributed by atoms with Crippen molar-refractivity contribution < 1.29 is 9.94 Å². The molecule has 0 aromatic carbocycles. The topological polar surface area (TPSA) is 79.9 Å². The van der Waals surface area contributed by atoms with Gasteiger partial charge in [-0.3, -0.25) is 0 Å². The summed E-state index contributed by atoms with van der Waals surface area (Å²) in [5, 5.41) is 14.7. The van der Waals surface area contributed by atoms with E-state index in [9.17, 15) is 0 Å². The zero-order valence-electron chi connectivity index (χ0n) is 10.5. The minimum atomic E-state index is 0.320. The van der Waals surface area contributed by atoms with Gasteiger partial charge in [0.15, 0.2) is 0 Å². The number of hydrogen-bond acceptors (Lipinski definition) is 4. The molecule has 1 heterocycles. The highest BCUT2D eigenvalue weighted by atomic mass is 16.5. The normalized spacial score (nSPS) is 21.6.